The largest absolute Gasteiger partial charge is 0.460 e. The Hall–Kier alpha value is -5.40. The minimum atomic E-state index is -0.360. The monoisotopic (exact) mass is 562 g/mol. The van der Waals surface area contributed by atoms with Gasteiger partial charge in [-0.2, -0.15) is 0 Å². The molecule has 0 radical (unpaired) electrons. The molecule has 0 amide bonds. The standard InChI is InChI=1S/C43H30O/c1-43-37(23-12-24-40(43)44-39-26-25-30(27-38(39)43)28-13-3-2-4-14-28)42-35-20-9-7-18-33(35)41(34-19-8-10-21-36(34)42)32-22-11-16-29-15-5-6-17-31(29)32/h2-27,37H,1H3. The highest BCUT2D eigenvalue weighted by Crippen LogP contribution is 2.58. The molecule has 9 rings (SSSR count). The first-order valence-corrected chi connectivity index (χ1v) is 15.4. The van der Waals surface area contributed by atoms with Crippen LogP contribution in [-0.4, -0.2) is 0 Å². The van der Waals surface area contributed by atoms with Crippen LogP contribution in [0.25, 0.3) is 54.6 Å². The van der Waals surface area contributed by atoms with Gasteiger partial charge in [-0.1, -0.05) is 140 Å². The lowest BCUT2D eigenvalue weighted by molar-refractivity contribution is 0.358. The smallest absolute Gasteiger partial charge is 0.131 e. The van der Waals surface area contributed by atoms with Gasteiger partial charge in [0.15, 0.2) is 0 Å². The molecule has 1 aliphatic heterocycles. The molecule has 0 saturated carbocycles. The van der Waals surface area contributed by atoms with Gasteiger partial charge in [-0.15, -0.1) is 0 Å². The van der Waals surface area contributed by atoms with Crippen LogP contribution in [-0.2, 0) is 5.41 Å². The molecule has 0 N–H and O–H groups in total. The van der Waals surface area contributed by atoms with E-state index in [9.17, 15) is 0 Å². The van der Waals surface area contributed by atoms with Crippen LogP contribution in [0.3, 0.4) is 0 Å². The first-order chi connectivity index (χ1) is 21.7. The lowest BCUT2D eigenvalue weighted by Gasteiger charge is -2.36. The molecule has 2 aliphatic rings. The van der Waals surface area contributed by atoms with Crippen LogP contribution in [0.4, 0.5) is 0 Å². The zero-order valence-electron chi connectivity index (χ0n) is 24.5. The minimum absolute atomic E-state index is 0.0751. The van der Waals surface area contributed by atoms with Gasteiger partial charge in [0, 0.05) is 11.5 Å². The summed E-state index contributed by atoms with van der Waals surface area (Å²) in [5.41, 5.74) is 7.24. The summed E-state index contributed by atoms with van der Waals surface area (Å²) in [5.74, 6) is 2.04. The Balaban J connectivity index is 1.34. The highest BCUT2D eigenvalue weighted by molar-refractivity contribution is 6.18. The molecule has 0 aromatic heterocycles. The Morgan fingerprint density at radius 2 is 1.20 bits per heavy atom. The maximum absolute atomic E-state index is 6.63. The van der Waals surface area contributed by atoms with Crippen LogP contribution in [0.1, 0.15) is 24.0 Å². The van der Waals surface area contributed by atoms with Gasteiger partial charge in [0.05, 0.1) is 5.41 Å². The molecule has 1 aliphatic carbocycles. The molecular weight excluding hydrogens is 532 g/mol. The Labute approximate surface area is 257 Å². The Bertz CT molecular complexity index is 2260. The first kappa shape index (κ1) is 25.1. The summed E-state index contributed by atoms with van der Waals surface area (Å²) in [6.07, 6.45) is 6.74. The predicted molar refractivity (Wildman–Crippen MR) is 184 cm³/mol. The average Bonchev–Trinajstić information content (AvgIpc) is 3.39. The lowest BCUT2D eigenvalue weighted by Crippen LogP contribution is -2.31. The summed E-state index contributed by atoms with van der Waals surface area (Å²) >= 11 is 0. The number of fused-ring (bicyclic) bond motifs is 6. The molecule has 1 nitrogen and oxygen atoms in total. The fourth-order valence-corrected chi connectivity index (χ4v) is 7.78. The van der Waals surface area contributed by atoms with E-state index in [0.29, 0.717) is 0 Å². The van der Waals surface area contributed by atoms with E-state index in [1.807, 2.05) is 0 Å². The number of rotatable bonds is 3. The molecule has 7 aromatic carbocycles. The van der Waals surface area contributed by atoms with Gasteiger partial charge < -0.3 is 4.74 Å². The zero-order valence-corrected chi connectivity index (χ0v) is 24.5. The average molecular weight is 563 g/mol. The summed E-state index contributed by atoms with van der Waals surface area (Å²) in [6, 6.07) is 50.7. The topological polar surface area (TPSA) is 9.23 Å². The second-order valence-corrected chi connectivity index (χ2v) is 12.2. The normalized spacial score (nSPS) is 18.7. The molecular formula is C43H30O. The maximum Gasteiger partial charge on any atom is 0.131 e. The van der Waals surface area contributed by atoms with Crippen LogP contribution < -0.4 is 4.74 Å². The molecule has 2 atom stereocenters. The number of benzene rings is 7. The minimum Gasteiger partial charge on any atom is -0.460 e. The summed E-state index contributed by atoms with van der Waals surface area (Å²) in [4.78, 5) is 0. The van der Waals surface area contributed by atoms with Crippen molar-refractivity contribution < 1.29 is 4.74 Å². The predicted octanol–water partition coefficient (Wildman–Crippen LogP) is 11.4. The third-order valence-corrected chi connectivity index (χ3v) is 9.89. The van der Waals surface area contributed by atoms with Crippen LogP contribution in [0.15, 0.2) is 164 Å². The molecule has 0 saturated heterocycles. The van der Waals surface area contributed by atoms with Crippen molar-refractivity contribution in [1.29, 1.82) is 0 Å². The van der Waals surface area contributed by atoms with Crippen molar-refractivity contribution in [3.63, 3.8) is 0 Å². The lowest BCUT2D eigenvalue weighted by atomic mass is 9.64. The zero-order chi connectivity index (χ0) is 29.3. The van der Waals surface area contributed by atoms with Crippen molar-refractivity contribution in [3.05, 3.63) is 175 Å². The summed E-state index contributed by atoms with van der Waals surface area (Å²) in [6.45, 7) is 2.37. The van der Waals surface area contributed by atoms with Crippen molar-refractivity contribution >= 4 is 32.3 Å². The van der Waals surface area contributed by atoms with Gasteiger partial charge >= 0.3 is 0 Å². The van der Waals surface area contributed by atoms with Crippen LogP contribution in [0.5, 0.6) is 5.75 Å². The Morgan fingerprint density at radius 3 is 1.95 bits per heavy atom. The van der Waals surface area contributed by atoms with E-state index in [4.69, 9.17) is 4.74 Å². The van der Waals surface area contributed by atoms with E-state index < -0.39 is 0 Å². The first-order valence-electron chi connectivity index (χ1n) is 15.4. The van der Waals surface area contributed by atoms with Crippen molar-refractivity contribution in [2.45, 2.75) is 18.3 Å². The molecule has 44 heavy (non-hydrogen) atoms. The van der Waals surface area contributed by atoms with Gasteiger partial charge in [-0.25, -0.2) is 0 Å². The van der Waals surface area contributed by atoms with E-state index in [1.54, 1.807) is 0 Å². The van der Waals surface area contributed by atoms with Crippen LogP contribution in [0.2, 0.25) is 0 Å². The van der Waals surface area contributed by atoms with Crippen molar-refractivity contribution in [3.8, 4) is 28.0 Å². The third kappa shape index (κ3) is 3.53. The molecule has 2 unspecified atom stereocenters. The van der Waals surface area contributed by atoms with Gasteiger partial charge in [0.2, 0.25) is 0 Å². The maximum atomic E-state index is 6.63. The Morgan fingerprint density at radius 1 is 0.568 bits per heavy atom. The second-order valence-electron chi connectivity index (χ2n) is 12.2. The molecule has 1 heteroatoms. The summed E-state index contributed by atoms with van der Waals surface area (Å²) in [5, 5.41) is 7.68. The summed E-state index contributed by atoms with van der Waals surface area (Å²) in [7, 11) is 0. The van der Waals surface area contributed by atoms with Gasteiger partial charge in [-0.05, 0) is 85.3 Å². The van der Waals surface area contributed by atoms with Crippen molar-refractivity contribution in [1.82, 2.24) is 0 Å². The third-order valence-electron chi connectivity index (χ3n) is 9.89. The van der Waals surface area contributed by atoms with E-state index in [1.165, 1.54) is 65.7 Å². The highest BCUT2D eigenvalue weighted by atomic mass is 16.5. The molecule has 1 heterocycles. The van der Waals surface area contributed by atoms with Crippen LogP contribution >= 0.6 is 0 Å². The van der Waals surface area contributed by atoms with E-state index in [2.05, 4.69) is 165 Å². The number of allylic oxidation sites excluding steroid dienone is 4. The number of hydrogen-bond acceptors (Lipinski definition) is 1. The second kappa shape index (κ2) is 9.56. The molecule has 0 spiro atoms. The quantitative estimate of drug-likeness (QED) is 0.195. The van der Waals surface area contributed by atoms with E-state index >= 15 is 0 Å². The van der Waals surface area contributed by atoms with E-state index in [0.717, 1.165) is 11.5 Å². The fourth-order valence-electron chi connectivity index (χ4n) is 7.78. The molecule has 0 bridgehead atoms. The van der Waals surface area contributed by atoms with E-state index in [-0.39, 0.29) is 11.3 Å². The number of ether oxygens (including phenoxy) is 1. The summed E-state index contributed by atoms with van der Waals surface area (Å²) < 4.78 is 6.63. The number of hydrogen-bond donors (Lipinski definition) is 0. The Kier molecular flexibility index (Phi) is 5.46. The van der Waals surface area contributed by atoms with Crippen molar-refractivity contribution in [2.75, 3.05) is 0 Å². The molecule has 208 valence electrons. The molecule has 7 aromatic rings. The molecule has 0 fully saturated rings. The van der Waals surface area contributed by atoms with Gasteiger partial charge in [0.1, 0.15) is 11.5 Å². The van der Waals surface area contributed by atoms with Crippen molar-refractivity contribution in [2.24, 2.45) is 0 Å². The van der Waals surface area contributed by atoms with Crippen LogP contribution in [0, 0.1) is 0 Å². The SMILES string of the molecule is CC12C(=CC=CC1c1c3ccccc3c(-c3cccc4ccccc34)c3ccccc13)Oc1ccc(-c3ccccc3)cc12. The van der Waals surface area contributed by atoms with Gasteiger partial charge in [-0.3, -0.25) is 0 Å². The highest BCUT2D eigenvalue weighted by Gasteiger charge is 2.49. The van der Waals surface area contributed by atoms with Gasteiger partial charge in [0.25, 0.3) is 0 Å². The fraction of sp³-hybridized carbons (Fsp3) is 0.0698.